The molecule has 0 fully saturated rings. The van der Waals surface area contributed by atoms with E-state index in [0.29, 0.717) is 5.69 Å². The van der Waals surface area contributed by atoms with Gasteiger partial charge >= 0.3 is 0 Å². The van der Waals surface area contributed by atoms with Crippen molar-refractivity contribution in [3.05, 3.63) is 64.5 Å². The van der Waals surface area contributed by atoms with Crippen molar-refractivity contribution in [1.29, 1.82) is 0 Å². The number of nitro benzene ring substituents is 1. The molecule has 7 nitrogen and oxygen atoms in total. The van der Waals surface area contributed by atoms with Crippen molar-refractivity contribution >= 4 is 21.4 Å². The van der Waals surface area contributed by atoms with Crippen molar-refractivity contribution in [2.75, 3.05) is 18.4 Å². The summed E-state index contributed by atoms with van der Waals surface area (Å²) in [6.45, 7) is 0.277. The summed E-state index contributed by atoms with van der Waals surface area (Å²) < 4.78 is 39.6. The van der Waals surface area contributed by atoms with Crippen LogP contribution in [0.5, 0.6) is 0 Å². The Balaban J connectivity index is 1.87. The van der Waals surface area contributed by atoms with Crippen molar-refractivity contribution in [3.63, 3.8) is 0 Å². The maximum absolute atomic E-state index is 13.5. The van der Waals surface area contributed by atoms with E-state index < -0.39 is 25.7 Å². The van der Waals surface area contributed by atoms with E-state index in [-0.39, 0.29) is 18.8 Å². The molecule has 0 aliphatic carbocycles. The van der Waals surface area contributed by atoms with E-state index in [2.05, 4.69) is 10.0 Å². The third-order valence-electron chi connectivity index (χ3n) is 2.95. The smallest absolute Gasteiger partial charge is 0.269 e. The van der Waals surface area contributed by atoms with Crippen molar-refractivity contribution in [2.45, 2.75) is 4.90 Å². The molecule has 0 aliphatic rings. The van der Waals surface area contributed by atoms with Crippen LogP contribution in [0.1, 0.15) is 0 Å². The SMILES string of the molecule is O=[N+]([O-])c1ccc(NCCNS(=O)(=O)c2ccccc2F)cc1. The number of nitrogens with one attached hydrogen (secondary N) is 2. The van der Waals surface area contributed by atoms with Crippen LogP contribution in [0.15, 0.2) is 53.4 Å². The van der Waals surface area contributed by atoms with Crippen LogP contribution in [0.2, 0.25) is 0 Å². The van der Waals surface area contributed by atoms with Gasteiger partial charge in [-0.15, -0.1) is 0 Å². The number of halogens is 1. The largest absolute Gasteiger partial charge is 0.384 e. The summed E-state index contributed by atoms with van der Waals surface area (Å²) in [5, 5.41) is 13.4. The summed E-state index contributed by atoms with van der Waals surface area (Å²) >= 11 is 0. The fourth-order valence-corrected chi connectivity index (χ4v) is 2.94. The maximum atomic E-state index is 13.5. The normalized spacial score (nSPS) is 11.2. The molecule has 0 heterocycles. The number of nitro groups is 1. The molecule has 0 spiro atoms. The molecule has 0 saturated carbocycles. The molecule has 0 saturated heterocycles. The topological polar surface area (TPSA) is 101 Å². The van der Waals surface area contributed by atoms with Crippen molar-refractivity contribution in [2.24, 2.45) is 0 Å². The highest BCUT2D eigenvalue weighted by Gasteiger charge is 2.17. The average molecular weight is 339 g/mol. The Hall–Kier alpha value is -2.52. The molecule has 2 aromatic carbocycles. The Kier molecular flexibility index (Phi) is 5.24. The summed E-state index contributed by atoms with van der Waals surface area (Å²) in [5.41, 5.74) is 0.580. The second-order valence-corrected chi connectivity index (χ2v) is 6.29. The molecule has 0 radical (unpaired) electrons. The van der Waals surface area contributed by atoms with Gasteiger partial charge in [-0.1, -0.05) is 12.1 Å². The molecule has 2 aromatic rings. The monoisotopic (exact) mass is 339 g/mol. The van der Waals surface area contributed by atoms with Crippen LogP contribution in [-0.2, 0) is 10.0 Å². The third-order valence-corrected chi connectivity index (χ3v) is 4.44. The van der Waals surface area contributed by atoms with Crippen molar-refractivity contribution in [1.82, 2.24) is 4.72 Å². The minimum Gasteiger partial charge on any atom is -0.384 e. The first-order valence-corrected chi connectivity index (χ1v) is 8.11. The highest BCUT2D eigenvalue weighted by molar-refractivity contribution is 7.89. The minimum atomic E-state index is -3.92. The lowest BCUT2D eigenvalue weighted by molar-refractivity contribution is -0.384. The first kappa shape index (κ1) is 16.8. The van der Waals surface area contributed by atoms with Gasteiger partial charge in [0.2, 0.25) is 10.0 Å². The zero-order valence-electron chi connectivity index (χ0n) is 11.9. The summed E-state index contributed by atoms with van der Waals surface area (Å²) in [6, 6.07) is 10.8. The quantitative estimate of drug-likeness (QED) is 0.457. The van der Waals surface area contributed by atoms with Crippen LogP contribution >= 0.6 is 0 Å². The standard InChI is InChI=1S/C14H14FN3O4S/c15-13-3-1-2-4-14(13)23(21,22)17-10-9-16-11-5-7-12(8-6-11)18(19)20/h1-8,16-17H,9-10H2. The Morgan fingerprint density at radius 3 is 2.30 bits per heavy atom. The number of non-ortho nitro benzene ring substituents is 1. The van der Waals surface area contributed by atoms with Gasteiger partial charge in [0.1, 0.15) is 10.7 Å². The Bertz CT molecular complexity index is 794. The fourth-order valence-electron chi connectivity index (χ4n) is 1.83. The number of hydrogen-bond acceptors (Lipinski definition) is 5. The van der Waals surface area contributed by atoms with Crippen LogP contribution in [0, 0.1) is 15.9 Å². The highest BCUT2D eigenvalue weighted by Crippen LogP contribution is 2.15. The zero-order valence-corrected chi connectivity index (χ0v) is 12.7. The summed E-state index contributed by atoms with van der Waals surface area (Å²) in [5.74, 6) is -0.816. The lowest BCUT2D eigenvalue weighted by Gasteiger charge is -2.09. The Labute approximate surface area is 132 Å². The Morgan fingerprint density at radius 1 is 1.04 bits per heavy atom. The summed E-state index contributed by atoms with van der Waals surface area (Å²) in [4.78, 5) is 9.61. The lowest BCUT2D eigenvalue weighted by atomic mass is 10.3. The van der Waals surface area contributed by atoms with Gasteiger partial charge in [0, 0.05) is 30.9 Å². The third kappa shape index (κ3) is 4.47. The molecule has 0 unspecified atom stereocenters. The van der Waals surface area contributed by atoms with Crippen LogP contribution in [0.3, 0.4) is 0 Å². The molecule has 0 amide bonds. The van der Waals surface area contributed by atoms with Crippen LogP contribution in [0.4, 0.5) is 15.8 Å². The number of rotatable bonds is 7. The summed E-state index contributed by atoms with van der Waals surface area (Å²) in [7, 11) is -3.92. The molecule has 0 aliphatic heterocycles. The molecule has 0 atom stereocenters. The number of sulfonamides is 1. The molecule has 0 bridgehead atoms. The van der Waals surface area contributed by atoms with E-state index in [1.54, 1.807) is 0 Å². The van der Waals surface area contributed by atoms with Gasteiger partial charge in [0.05, 0.1) is 4.92 Å². The van der Waals surface area contributed by atoms with Gasteiger partial charge in [-0.05, 0) is 24.3 Å². The fraction of sp³-hybridized carbons (Fsp3) is 0.143. The van der Waals surface area contributed by atoms with E-state index in [1.165, 1.54) is 42.5 Å². The molecule has 2 rings (SSSR count). The van der Waals surface area contributed by atoms with Crippen molar-refractivity contribution in [3.8, 4) is 0 Å². The minimum absolute atomic E-state index is 0.0317. The van der Waals surface area contributed by atoms with Gasteiger partial charge in [-0.2, -0.15) is 0 Å². The first-order valence-electron chi connectivity index (χ1n) is 6.63. The van der Waals surface area contributed by atoms with E-state index in [4.69, 9.17) is 0 Å². The second-order valence-electron chi connectivity index (χ2n) is 4.56. The van der Waals surface area contributed by atoms with Crippen LogP contribution in [-0.4, -0.2) is 26.4 Å². The van der Waals surface area contributed by atoms with E-state index in [9.17, 15) is 22.9 Å². The molecular formula is C14H14FN3O4S. The summed E-state index contributed by atoms with van der Waals surface area (Å²) in [6.07, 6.45) is 0. The van der Waals surface area contributed by atoms with Gasteiger partial charge in [0.25, 0.3) is 5.69 Å². The molecule has 23 heavy (non-hydrogen) atoms. The maximum Gasteiger partial charge on any atom is 0.269 e. The number of nitrogens with zero attached hydrogens (tertiary/aromatic N) is 1. The van der Waals surface area contributed by atoms with E-state index >= 15 is 0 Å². The van der Waals surface area contributed by atoms with Crippen LogP contribution < -0.4 is 10.0 Å². The lowest BCUT2D eigenvalue weighted by Crippen LogP contribution is -2.29. The second kappa shape index (κ2) is 7.16. The van der Waals surface area contributed by atoms with Gasteiger partial charge in [-0.25, -0.2) is 17.5 Å². The van der Waals surface area contributed by atoms with E-state index in [0.717, 1.165) is 6.07 Å². The van der Waals surface area contributed by atoms with Gasteiger partial charge in [0.15, 0.2) is 0 Å². The van der Waals surface area contributed by atoms with Gasteiger partial charge < -0.3 is 5.32 Å². The molecule has 9 heteroatoms. The predicted molar refractivity (Wildman–Crippen MR) is 83.2 cm³/mol. The highest BCUT2D eigenvalue weighted by atomic mass is 32.2. The first-order chi connectivity index (χ1) is 10.9. The van der Waals surface area contributed by atoms with Crippen LogP contribution in [0.25, 0.3) is 0 Å². The van der Waals surface area contributed by atoms with Gasteiger partial charge in [-0.3, -0.25) is 10.1 Å². The number of hydrogen-bond donors (Lipinski definition) is 2. The van der Waals surface area contributed by atoms with Crippen molar-refractivity contribution < 1.29 is 17.7 Å². The molecule has 2 N–H and O–H groups in total. The molecule has 0 aromatic heterocycles. The number of anilines is 1. The zero-order chi connectivity index (χ0) is 16.9. The Morgan fingerprint density at radius 2 is 1.70 bits per heavy atom. The molecule has 122 valence electrons. The molecular weight excluding hydrogens is 325 g/mol. The predicted octanol–water partition coefficient (Wildman–Crippen LogP) is 2.12. The number of benzene rings is 2. The average Bonchev–Trinajstić information content (AvgIpc) is 2.52. The van der Waals surface area contributed by atoms with E-state index in [1.807, 2.05) is 0 Å².